The van der Waals surface area contributed by atoms with E-state index in [1.54, 1.807) is 23.1 Å². The van der Waals surface area contributed by atoms with Gasteiger partial charge in [-0.25, -0.2) is 4.39 Å². The molecule has 0 saturated carbocycles. The summed E-state index contributed by atoms with van der Waals surface area (Å²) in [4.78, 5) is 25.3. The Hall–Kier alpha value is -2.17. The Balaban J connectivity index is 1.96. The molecule has 1 aromatic carbocycles. The molecular weight excluding hydrogens is 273 g/mol. The standard InChI is InChI=1S/C16H18FNO3/c1-21-16(20)13-3-2-10-18(11-13)15(19)9-6-12-4-7-14(17)8-5-12/h4-9,13H,2-3,10-11H2,1H3/b9-6+. The number of rotatable bonds is 3. The Morgan fingerprint density at radius 1 is 1.33 bits per heavy atom. The number of benzene rings is 1. The lowest BCUT2D eigenvalue weighted by molar-refractivity contribution is -0.148. The summed E-state index contributed by atoms with van der Waals surface area (Å²) < 4.78 is 17.5. The smallest absolute Gasteiger partial charge is 0.310 e. The van der Waals surface area contributed by atoms with Gasteiger partial charge in [-0.15, -0.1) is 0 Å². The zero-order valence-electron chi connectivity index (χ0n) is 11.9. The number of hydrogen-bond donors (Lipinski definition) is 0. The minimum Gasteiger partial charge on any atom is -0.469 e. The number of amides is 1. The Bertz CT molecular complexity index is 539. The largest absolute Gasteiger partial charge is 0.469 e. The molecule has 4 nitrogen and oxygen atoms in total. The molecule has 0 spiro atoms. The summed E-state index contributed by atoms with van der Waals surface area (Å²) in [6.45, 7) is 1.03. The Kier molecular flexibility index (Phi) is 5.09. The van der Waals surface area contributed by atoms with Crippen LogP contribution < -0.4 is 0 Å². The SMILES string of the molecule is COC(=O)C1CCCN(C(=O)/C=C/c2ccc(F)cc2)C1. The highest BCUT2D eigenvalue weighted by Crippen LogP contribution is 2.18. The molecule has 112 valence electrons. The number of methoxy groups -OCH3 is 1. The molecule has 1 fully saturated rings. The fraction of sp³-hybridized carbons (Fsp3) is 0.375. The van der Waals surface area contributed by atoms with E-state index in [4.69, 9.17) is 4.74 Å². The minimum absolute atomic E-state index is 0.145. The van der Waals surface area contributed by atoms with Gasteiger partial charge in [0.25, 0.3) is 0 Å². The highest BCUT2D eigenvalue weighted by molar-refractivity contribution is 5.92. The zero-order valence-corrected chi connectivity index (χ0v) is 11.9. The summed E-state index contributed by atoms with van der Waals surface area (Å²) in [5.74, 6) is -0.967. The number of hydrogen-bond acceptors (Lipinski definition) is 3. The molecule has 5 heteroatoms. The van der Waals surface area contributed by atoms with Crippen molar-refractivity contribution < 1.29 is 18.7 Å². The third-order valence-electron chi connectivity index (χ3n) is 3.56. The van der Waals surface area contributed by atoms with Crippen LogP contribution in [0.25, 0.3) is 6.08 Å². The fourth-order valence-electron chi connectivity index (χ4n) is 2.38. The Morgan fingerprint density at radius 2 is 2.05 bits per heavy atom. The maximum absolute atomic E-state index is 12.8. The third kappa shape index (κ3) is 4.15. The molecule has 1 aliphatic rings. The molecule has 2 rings (SSSR count). The number of piperidine rings is 1. The monoisotopic (exact) mass is 291 g/mol. The summed E-state index contributed by atoms with van der Waals surface area (Å²) in [7, 11) is 1.36. The number of halogens is 1. The summed E-state index contributed by atoms with van der Waals surface area (Å²) in [5.41, 5.74) is 0.756. The first-order valence-electron chi connectivity index (χ1n) is 6.90. The van der Waals surface area contributed by atoms with Crippen LogP contribution in [0, 0.1) is 11.7 Å². The molecule has 1 amide bonds. The molecule has 1 aromatic rings. The number of ether oxygens (including phenoxy) is 1. The van der Waals surface area contributed by atoms with Crippen molar-refractivity contribution in [1.29, 1.82) is 0 Å². The first-order valence-corrected chi connectivity index (χ1v) is 6.90. The van der Waals surface area contributed by atoms with Crippen LogP contribution in [0.15, 0.2) is 30.3 Å². The van der Waals surface area contributed by atoms with Gasteiger partial charge in [-0.05, 0) is 36.6 Å². The second-order valence-electron chi connectivity index (χ2n) is 5.03. The van der Waals surface area contributed by atoms with Crippen LogP contribution in [0.2, 0.25) is 0 Å². The maximum Gasteiger partial charge on any atom is 0.310 e. The van der Waals surface area contributed by atoms with E-state index in [1.807, 2.05) is 0 Å². The van der Waals surface area contributed by atoms with Gasteiger partial charge in [-0.3, -0.25) is 9.59 Å². The second-order valence-corrected chi connectivity index (χ2v) is 5.03. The molecule has 0 aromatic heterocycles. The first kappa shape index (κ1) is 15.2. The van der Waals surface area contributed by atoms with E-state index < -0.39 is 0 Å². The van der Waals surface area contributed by atoms with Gasteiger partial charge >= 0.3 is 5.97 Å². The summed E-state index contributed by atoms with van der Waals surface area (Å²) in [6.07, 6.45) is 4.63. The average molecular weight is 291 g/mol. The third-order valence-corrected chi connectivity index (χ3v) is 3.56. The molecule has 1 aliphatic heterocycles. The molecule has 0 aliphatic carbocycles. The van der Waals surface area contributed by atoms with Gasteiger partial charge in [0, 0.05) is 19.2 Å². The number of esters is 1. The van der Waals surface area contributed by atoms with Gasteiger partial charge in [-0.1, -0.05) is 12.1 Å². The number of nitrogens with zero attached hydrogens (tertiary/aromatic N) is 1. The van der Waals surface area contributed by atoms with Crippen LogP contribution in [0.1, 0.15) is 18.4 Å². The molecule has 1 saturated heterocycles. The van der Waals surface area contributed by atoms with Crippen molar-refractivity contribution in [3.05, 3.63) is 41.7 Å². The average Bonchev–Trinajstić information content (AvgIpc) is 2.53. The summed E-state index contributed by atoms with van der Waals surface area (Å²) in [5, 5.41) is 0. The second kappa shape index (κ2) is 7.02. The van der Waals surface area contributed by atoms with Crippen molar-refractivity contribution >= 4 is 18.0 Å². The van der Waals surface area contributed by atoms with Crippen LogP contribution in [0.4, 0.5) is 4.39 Å². The van der Waals surface area contributed by atoms with Crippen LogP contribution in [-0.2, 0) is 14.3 Å². The normalized spacial score (nSPS) is 18.8. The van der Waals surface area contributed by atoms with E-state index >= 15 is 0 Å². The van der Waals surface area contributed by atoms with Gasteiger partial charge in [0.15, 0.2) is 0 Å². The van der Waals surface area contributed by atoms with Crippen LogP contribution >= 0.6 is 0 Å². The first-order chi connectivity index (χ1) is 10.1. The number of likely N-dealkylation sites (tertiary alicyclic amines) is 1. The molecule has 1 unspecified atom stereocenters. The Morgan fingerprint density at radius 3 is 2.71 bits per heavy atom. The highest BCUT2D eigenvalue weighted by atomic mass is 19.1. The lowest BCUT2D eigenvalue weighted by Crippen LogP contribution is -2.41. The van der Waals surface area contributed by atoms with E-state index in [9.17, 15) is 14.0 Å². The topological polar surface area (TPSA) is 46.6 Å². The zero-order chi connectivity index (χ0) is 15.2. The molecule has 0 radical (unpaired) electrons. The van der Waals surface area contributed by atoms with E-state index in [0.29, 0.717) is 13.1 Å². The molecule has 21 heavy (non-hydrogen) atoms. The van der Waals surface area contributed by atoms with Crippen molar-refractivity contribution in [2.75, 3.05) is 20.2 Å². The quantitative estimate of drug-likeness (QED) is 0.634. The highest BCUT2D eigenvalue weighted by Gasteiger charge is 2.28. The van der Waals surface area contributed by atoms with E-state index in [-0.39, 0.29) is 23.6 Å². The van der Waals surface area contributed by atoms with E-state index in [2.05, 4.69) is 0 Å². The fourth-order valence-corrected chi connectivity index (χ4v) is 2.38. The maximum atomic E-state index is 12.8. The number of carbonyl (C=O) groups is 2. The predicted octanol–water partition coefficient (Wildman–Crippen LogP) is 2.25. The molecule has 0 bridgehead atoms. The van der Waals surface area contributed by atoms with Crippen molar-refractivity contribution in [3.8, 4) is 0 Å². The molecule has 1 atom stereocenters. The van der Waals surface area contributed by atoms with Crippen LogP contribution in [-0.4, -0.2) is 37.0 Å². The lowest BCUT2D eigenvalue weighted by atomic mass is 9.98. The van der Waals surface area contributed by atoms with Crippen molar-refractivity contribution in [1.82, 2.24) is 4.90 Å². The molecule has 1 heterocycles. The van der Waals surface area contributed by atoms with Gasteiger partial charge in [0.2, 0.25) is 5.91 Å². The summed E-state index contributed by atoms with van der Waals surface area (Å²) >= 11 is 0. The van der Waals surface area contributed by atoms with Gasteiger partial charge in [-0.2, -0.15) is 0 Å². The van der Waals surface area contributed by atoms with Gasteiger partial charge in [0.1, 0.15) is 5.82 Å². The van der Waals surface area contributed by atoms with Crippen LogP contribution in [0.5, 0.6) is 0 Å². The van der Waals surface area contributed by atoms with E-state index in [0.717, 1.165) is 18.4 Å². The molecular formula is C16H18FNO3. The summed E-state index contributed by atoms with van der Waals surface area (Å²) in [6, 6.07) is 5.90. The van der Waals surface area contributed by atoms with E-state index in [1.165, 1.54) is 25.3 Å². The Labute approximate surface area is 123 Å². The van der Waals surface area contributed by atoms with Gasteiger partial charge < -0.3 is 9.64 Å². The minimum atomic E-state index is -0.310. The van der Waals surface area contributed by atoms with Crippen molar-refractivity contribution in [2.45, 2.75) is 12.8 Å². The lowest BCUT2D eigenvalue weighted by Gasteiger charge is -2.30. The number of carbonyl (C=O) groups excluding carboxylic acids is 2. The van der Waals surface area contributed by atoms with Crippen molar-refractivity contribution in [3.63, 3.8) is 0 Å². The van der Waals surface area contributed by atoms with Gasteiger partial charge in [0.05, 0.1) is 13.0 Å². The molecule has 0 N–H and O–H groups in total. The predicted molar refractivity (Wildman–Crippen MR) is 76.8 cm³/mol. The van der Waals surface area contributed by atoms with Crippen LogP contribution in [0.3, 0.4) is 0 Å². The van der Waals surface area contributed by atoms with Crippen molar-refractivity contribution in [2.24, 2.45) is 5.92 Å².